The molecule has 0 aliphatic heterocycles. The molecule has 2 aromatic rings. The molecule has 0 fully saturated rings. The molecule has 1 atom stereocenters. The standard InChI is InChI=1S/C15H17ClN4OS/c1-4-10(2)13-14(21)20(15(22-3)19-18-13)17-9-11-6-5-7-12(16)8-11/h5-10H,4H2,1-3H3. The zero-order valence-corrected chi connectivity index (χ0v) is 14.2. The molecule has 0 saturated carbocycles. The van der Waals surface area contributed by atoms with Gasteiger partial charge in [0.2, 0.25) is 5.16 Å². The summed E-state index contributed by atoms with van der Waals surface area (Å²) < 4.78 is 1.29. The van der Waals surface area contributed by atoms with Gasteiger partial charge < -0.3 is 0 Å². The van der Waals surface area contributed by atoms with Crippen molar-refractivity contribution in [3.05, 3.63) is 50.9 Å². The second kappa shape index (κ2) is 7.56. The normalized spacial score (nSPS) is 12.7. The van der Waals surface area contributed by atoms with Gasteiger partial charge in [-0.05, 0) is 30.4 Å². The molecule has 0 saturated heterocycles. The molecule has 1 aromatic carbocycles. The lowest BCUT2D eigenvalue weighted by Crippen LogP contribution is -2.26. The van der Waals surface area contributed by atoms with Gasteiger partial charge in [0, 0.05) is 10.9 Å². The van der Waals surface area contributed by atoms with E-state index in [4.69, 9.17) is 11.6 Å². The molecule has 5 nitrogen and oxygen atoms in total. The summed E-state index contributed by atoms with van der Waals surface area (Å²) >= 11 is 7.27. The second-order valence-electron chi connectivity index (χ2n) is 4.80. The van der Waals surface area contributed by atoms with Crippen LogP contribution in [0.25, 0.3) is 0 Å². The highest BCUT2D eigenvalue weighted by Crippen LogP contribution is 2.15. The molecule has 2 rings (SSSR count). The summed E-state index contributed by atoms with van der Waals surface area (Å²) in [6, 6.07) is 7.26. The smallest absolute Gasteiger partial charge is 0.265 e. The van der Waals surface area contributed by atoms with E-state index in [1.165, 1.54) is 16.4 Å². The lowest BCUT2D eigenvalue weighted by molar-refractivity contribution is 0.584. The van der Waals surface area contributed by atoms with E-state index in [2.05, 4.69) is 15.3 Å². The van der Waals surface area contributed by atoms with Gasteiger partial charge in [0.05, 0.1) is 6.21 Å². The van der Waals surface area contributed by atoms with Gasteiger partial charge in [-0.2, -0.15) is 9.78 Å². The maximum Gasteiger partial charge on any atom is 0.297 e. The Bertz CT molecular complexity index is 745. The Morgan fingerprint density at radius 3 is 2.86 bits per heavy atom. The van der Waals surface area contributed by atoms with Gasteiger partial charge >= 0.3 is 0 Å². The third-order valence-corrected chi connectivity index (χ3v) is 4.12. The van der Waals surface area contributed by atoms with Crippen LogP contribution in [0.3, 0.4) is 0 Å². The monoisotopic (exact) mass is 336 g/mol. The van der Waals surface area contributed by atoms with Crippen LogP contribution in [0.15, 0.2) is 39.3 Å². The van der Waals surface area contributed by atoms with E-state index in [0.717, 1.165) is 12.0 Å². The number of rotatable bonds is 5. The number of nitrogens with zero attached hydrogens (tertiary/aromatic N) is 4. The Morgan fingerprint density at radius 1 is 1.45 bits per heavy atom. The van der Waals surface area contributed by atoms with Gasteiger partial charge in [-0.15, -0.1) is 10.2 Å². The lowest BCUT2D eigenvalue weighted by Gasteiger charge is -2.09. The molecule has 0 bridgehead atoms. The summed E-state index contributed by atoms with van der Waals surface area (Å²) in [5.74, 6) is 0.0449. The first-order chi connectivity index (χ1) is 10.6. The highest BCUT2D eigenvalue weighted by molar-refractivity contribution is 7.98. The molecule has 1 heterocycles. The predicted molar refractivity (Wildman–Crippen MR) is 91.2 cm³/mol. The van der Waals surface area contributed by atoms with Crippen LogP contribution < -0.4 is 5.56 Å². The summed E-state index contributed by atoms with van der Waals surface area (Å²) in [7, 11) is 0. The molecule has 22 heavy (non-hydrogen) atoms. The number of thioether (sulfide) groups is 1. The van der Waals surface area contributed by atoms with Crippen LogP contribution in [0, 0.1) is 0 Å². The van der Waals surface area contributed by atoms with E-state index in [-0.39, 0.29) is 11.5 Å². The van der Waals surface area contributed by atoms with Crippen molar-refractivity contribution >= 4 is 29.6 Å². The van der Waals surface area contributed by atoms with Crippen molar-refractivity contribution in [1.82, 2.24) is 14.9 Å². The van der Waals surface area contributed by atoms with Gasteiger partial charge in [-0.3, -0.25) is 4.79 Å². The summed E-state index contributed by atoms with van der Waals surface area (Å²) in [6.45, 7) is 3.96. The minimum Gasteiger partial charge on any atom is -0.265 e. The quantitative estimate of drug-likeness (QED) is 0.620. The zero-order chi connectivity index (χ0) is 16.1. The molecule has 0 radical (unpaired) electrons. The summed E-state index contributed by atoms with van der Waals surface area (Å²) in [4.78, 5) is 12.5. The SMILES string of the molecule is CCC(C)c1nnc(SC)n(N=Cc2cccc(Cl)c2)c1=O. The van der Waals surface area contributed by atoms with Gasteiger partial charge in [-0.1, -0.05) is 49.3 Å². The second-order valence-corrected chi connectivity index (χ2v) is 6.01. The van der Waals surface area contributed by atoms with Crippen LogP contribution in [-0.4, -0.2) is 27.3 Å². The van der Waals surface area contributed by atoms with E-state index >= 15 is 0 Å². The zero-order valence-electron chi connectivity index (χ0n) is 12.7. The third kappa shape index (κ3) is 3.75. The van der Waals surface area contributed by atoms with Crippen molar-refractivity contribution in [2.45, 2.75) is 31.3 Å². The largest absolute Gasteiger partial charge is 0.297 e. The molecular formula is C15H17ClN4OS. The van der Waals surface area contributed by atoms with Gasteiger partial charge in [0.25, 0.3) is 5.56 Å². The van der Waals surface area contributed by atoms with Crippen molar-refractivity contribution < 1.29 is 0 Å². The van der Waals surface area contributed by atoms with Crippen LogP contribution in [0.5, 0.6) is 0 Å². The molecule has 0 N–H and O–H groups in total. The fourth-order valence-electron chi connectivity index (χ4n) is 1.82. The molecule has 1 unspecified atom stereocenters. The molecule has 0 aliphatic rings. The van der Waals surface area contributed by atoms with Crippen molar-refractivity contribution in [3.8, 4) is 0 Å². The summed E-state index contributed by atoms with van der Waals surface area (Å²) in [5, 5.41) is 13.5. The van der Waals surface area contributed by atoms with Crippen molar-refractivity contribution in [3.63, 3.8) is 0 Å². The molecule has 0 aliphatic carbocycles. The Hall–Kier alpha value is -1.66. The van der Waals surface area contributed by atoms with E-state index in [9.17, 15) is 4.79 Å². The van der Waals surface area contributed by atoms with Crippen molar-refractivity contribution in [1.29, 1.82) is 0 Å². The van der Waals surface area contributed by atoms with Crippen molar-refractivity contribution in [2.24, 2.45) is 5.10 Å². The lowest BCUT2D eigenvalue weighted by atomic mass is 10.1. The van der Waals surface area contributed by atoms with Gasteiger partial charge in [0.1, 0.15) is 5.69 Å². The van der Waals surface area contributed by atoms with Crippen molar-refractivity contribution in [2.75, 3.05) is 6.26 Å². The fraction of sp³-hybridized carbons (Fsp3) is 0.333. The number of hydrogen-bond donors (Lipinski definition) is 0. The van der Waals surface area contributed by atoms with Gasteiger partial charge in [0.15, 0.2) is 0 Å². The molecule has 1 aromatic heterocycles. The minimum absolute atomic E-state index is 0.0449. The molecular weight excluding hydrogens is 320 g/mol. The van der Waals surface area contributed by atoms with Crippen LogP contribution in [-0.2, 0) is 0 Å². The first-order valence-electron chi connectivity index (χ1n) is 6.90. The number of halogens is 1. The summed E-state index contributed by atoms with van der Waals surface area (Å²) in [6.07, 6.45) is 4.24. The molecule has 116 valence electrons. The number of hydrogen-bond acceptors (Lipinski definition) is 5. The topological polar surface area (TPSA) is 60.1 Å². The van der Waals surface area contributed by atoms with Crippen LogP contribution in [0.1, 0.15) is 37.4 Å². The van der Waals surface area contributed by atoms with E-state index in [1.54, 1.807) is 18.3 Å². The predicted octanol–water partition coefficient (Wildman–Crippen LogP) is 3.41. The maximum absolute atomic E-state index is 12.5. The molecule has 0 amide bonds. The highest BCUT2D eigenvalue weighted by Gasteiger charge is 2.15. The van der Waals surface area contributed by atoms with E-state index in [1.807, 2.05) is 32.2 Å². The first-order valence-corrected chi connectivity index (χ1v) is 8.50. The number of benzene rings is 1. The van der Waals surface area contributed by atoms with Gasteiger partial charge in [-0.25, -0.2) is 0 Å². The number of aromatic nitrogens is 3. The fourth-order valence-corrected chi connectivity index (χ4v) is 2.44. The molecule has 7 heteroatoms. The Balaban J connectivity index is 2.46. The third-order valence-electron chi connectivity index (χ3n) is 3.27. The average molecular weight is 337 g/mol. The van der Waals surface area contributed by atoms with Crippen LogP contribution in [0.4, 0.5) is 0 Å². The minimum atomic E-state index is -0.230. The molecule has 0 spiro atoms. The maximum atomic E-state index is 12.5. The first kappa shape index (κ1) is 16.7. The van der Waals surface area contributed by atoms with E-state index in [0.29, 0.717) is 15.9 Å². The Kier molecular flexibility index (Phi) is 5.74. The van der Waals surface area contributed by atoms with E-state index < -0.39 is 0 Å². The summed E-state index contributed by atoms with van der Waals surface area (Å²) in [5.41, 5.74) is 1.02. The highest BCUT2D eigenvalue weighted by atomic mass is 35.5. The van der Waals surface area contributed by atoms with Crippen LogP contribution >= 0.6 is 23.4 Å². The Labute approximate surface area is 138 Å². The Morgan fingerprint density at radius 2 is 2.23 bits per heavy atom. The average Bonchev–Trinajstić information content (AvgIpc) is 2.52. The van der Waals surface area contributed by atoms with Crippen LogP contribution in [0.2, 0.25) is 5.02 Å².